The van der Waals surface area contributed by atoms with Crippen molar-refractivity contribution in [2.24, 2.45) is 0 Å². The van der Waals surface area contributed by atoms with Crippen LogP contribution in [0.4, 0.5) is 14.6 Å². The quantitative estimate of drug-likeness (QED) is 0.543. The van der Waals surface area contributed by atoms with Gasteiger partial charge in [0.2, 0.25) is 0 Å². The summed E-state index contributed by atoms with van der Waals surface area (Å²) < 4.78 is 26.4. The molecular weight excluding hydrogens is 415 g/mol. The number of amides is 2. The maximum absolute atomic E-state index is 13.3. The zero-order valence-electron chi connectivity index (χ0n) is 14.0. The molecule has 0 saturated carbocycles. The van der Waals surface area contributed by atoms with E-state index in [9.17, 15) is 18.4 Å². The van der Waals surface area contributed by atoms with Gasteiger partial charge in [-0.15, -0.1) is 12.4 Å². The van der Waals surface area contributed by atoms with Gasteiger partial charge in [-0.2, -0.15) is 5.10 Å². The number of halogens is 4. The highest BCUT2D eigenvalue weighted by Gasteiger charge is 2.17. The van der Waals surface area contributed by atoms with Crippen LogP contribution in [0.2, 0.25) is 5.02 Å². The number of aromatic nitrogens is 3. The van der Waals surface area contributed by atoms with Crippen LogP contribution in [0.1, 0.15) is 26.4 Å². The molecule has 1 aromatic carbocycles. The average Bonchev–Trinajstić information content (AvgIpc) is 3.12. The van der Waals surface area contributed by atoms with Crippen LogP contribution in [-0.4, -0.2) is 27.0 Å². The van der Waals surface area contributed by atoms with Crippen molar-refractivity contribution in [3.05, 3.63) is 76.2 Å². The molecule has 0 bridgehead atoms. The molecule has 0 aliphatic carbocycles. The van der Waals surface area contributed by atoms with E-state index in [1.807, 2.05) is 0 Å². The second-order valence-electron chi connectivity index (χ2n) is 5.41. The number of pyridine rings is 1. The Balaban J connectivity index is 0.00000280. The normalized spacial score (nSPS) is 10.1. The highest BCUT2D eigenvalue weighted by atomic mass is 35.5. The van der Waals surface area contributed by atoms with Gasteiger partial charge < -0.3 is 10.6 Å². The number of benzene rings is 1. The Morgan fingerprint density at radius 2 is 1.75 bits per heavy atom. The first-order valence-electron chi connectivity index (χ1n) is 7.62. The molecule has 28 heavy (non-hydrogen) atoms. The number of aromatic amines is 1. The molecule has 0 radical (unpaired) electrons. The molecule has 3 rings (SSSR count). The van der Waals surface area contributed by atoms with Crippen LogP contribution in [0.25, 0.3) is 0 Å². The molecule has 3 aromatic rings. The smallest absolute Gasteiger partial charge is 0.269 e. The fourth-order valence-electron chi connectivity index (χ4n) is 2.16. The highest BCUT2D eigenvalue weighted by Crippen LogP contribution is 2.21. The lowest BCUT2D eigenvalue weighted by Gasteiger charge is -2.05. The second kappa shape index (κ2) is 9.25. The van der Waals surface area contributed by atoms with Gasteiger partial charge in [-0.05, 0) is 29.8 Å². The molecule has 2 heterocycles. The topological polar surface area (TPSA) is 99.8 Å². The molecule has 0 aliphatic heterocycles. The first-order valence-corrected chi connectivity index (χ1v) is 8.00. The van der Waals surface area contributed by atoms with Crippen LogP contribution < -0.4 is 10.6 Å². The van der Waals surface area contributed by atoms with Gasteiger partial charge in [0.1, 0.15) is 5.69 Å². The van der Waals surface area contributed by atoms with Gasteiger partial charge in [-0.3, -0.25) is 19.7 Å². The summed E-state index contributed by atoms with van der Waals surface area (Å²) in [6.45, 7) is 0.284. The molecule has 0 unspecified atom stereocenters. The molecule has 7 nitrogen and oxygen atoms in total. The Morgan fingerprint density at radius 1 is 1.07 bits per heavy atom. The molecule has 2 aromatic heterocycles. The van der Waals surface area contributed by atoms with Crippen LogP contribution in [0.15, 0.2) is 42.7 Å². The average molecular weight is 428 g/mol. The van der Waals surface area contributed by atoms with Gasteiger partial charge in [0.25, 0.3) is 11.8 Å². The number of anilines is 1. The van der Waals surface area contributed by atoms with Crippen molar-refractivity contribution in [1.82, 2.24) is 20.5 Å². The number of carbonyl (C=O) groups is 2. The van der Waals surface area contributed by atoms with Crippen LogP contribution in [-0.2, 0) is 6.54 Å². The molecule has 0 saturated heterocycles. The SMILES string of the molecule is Cl.O=C(NCc1ccncc1)c1cc(NC(=O)c2cc(F)c(F)cc2Cl)n[nH]1. The number of rotatable bonds is 5. The van der Waals surface area contributed by atoms with Crippen LogP contribution in [0, 0.1) is 11.6 Å². The lowest BCUT2D eigenvalue weighted by molar-refractivity contribution is 0.0945. The Kier molecular flexibility index (Phi) is 7.02. The van der Waals surface area contributed by atoms with Gasteiger partial charge in [0.05, 0.1) is 10.6 Å². The van der Waals surface area contributed by atoms with E-state index in [-0.39, 0.29) is 41.0 Å². The summed E-state index contributed by atoms with van der Waals surface area (Å²) >= 11 is 5.75. The fourth-order valence-corrected chi connectivity index (χ4v) is 2.40. The van der Waals surface area contributed by atoms with E-state index in [0.717, 1.165) is 5.56 Å². The van der Waals surface area contributed by atoms with Crippen LogP contribution in [0.3, 0.4) is 0 Å². The number of H-pyrrole nitrogens is 1. The minimum atomic E-state index is -1.21. The minimum absolute atomic E-state index is 0. The molecule has 0 atom stereocenters. The summed E-state index contributed by atoms with van der Waals surface area (Å²) in [6, 6.07) is 6.19. The Bertz CT molecular complexity index is 998. The van der Waals surface area contributed by atoms with Crippen molar-refractivity contribution in [3.8, 4) is 0 Å². The number of carbonyl (C=O) groups excluding carboxylic acids is 2. The van der Waals surface area contributed by atoms with Crippen molar-refractivity contribution in [1.29, 1.82) is 0 Å². The van der Waals surface area contributed by atoms with E-state index in [2.05, 4.69) is 25.8 Å². The summed E-state index contributed by atoms with van der Waals surface area (Å²) in [5.41, 5.74) is 0.706. The van der Waals surface area contributed by atoms with E-state index < -0.39 is 23.4 Å². The maximum atomic E-state index is 13.3. The predicted molar refractivity (Wildman–Crippen MR) is 101 cm³/mol. The lowest BCUT2D eigenvalue weighted by Crippen LogP contribution is -2.23. The fraction of sp³-hybridized carbons (Fsp3) is 0.0588. The minimum Gasteiger partial charge on any atom is -0.347 e. The van der Waals surface area contributed by atoms with E-state index >= 15 is 0 Å². The molecule has 2 amide bonds. The number of hydrogen-bond donors (Lipinski definition) is 3. The largest absolute Gasteiger partial charge is 0.347 e. The van der Waals surface area contributed by atoms with Crippen LogP contribution >= 0.6 is 24.0 Å². The highest BCUT2D eigenvalue weighted by molar-refractivity contribution is 6.34. The number of nitrogens with one attached hydrogen (secondary N) is 3. The Hall–Kier alpha value is -3.04. The van der Waals surface area contributed by atoms with Gasteiger partial charge in [0.15, 0.2) is 17.5 Å². The first kappa shape index (κ1) is 21.3. The van der Waals surface area contributed by atoms with E-state index in [1.54, 1.807) is 24.5 Å². The van der Waals surface area contributed by atoms with Crippen molar-refractivity contribution in [2.45, 2.75) is 6.54 Å². The van der Waals surface area contributed by atoms with E-state index in [4.69, 9.17) is 11.6 Å². The third kappa shape index (κ3) is 5.02. The van der Waals surface area contributed by atoms with Gasteiger partial charge >= 0.3 is 0 Å². The van der Waals surface area contributed by atoms with Crippen molar-refractivity contribution in [3.63, 3.8) is 0 Å². The summed E-state index contributed by atoms with van der Waals surface area (Å²) in [5.74, 6) is -3.58. The predicted octanol–water partition coefficient (Wildman–Crippen LogP) is 3.34. The zero-order chi connectivity index (χ0) is 19.4. The number of nitrogens with zero attached hydrogens (tertiary/aromatic N) is 2. The van der Waals surface area contributed by atoms with Crippen molar-refractivity contribution >= 4 is 41.6 Å². The summed E-state index contributed by atoms with van der Waals surface area (Å²) in [7, 11) is 0. The standard InChI is InChI=1S/C17H12ClF2N5O2.ClH/c18-11-6-13(20)12(19)5-10(11)16(26)23-15-7-14(24-25-15)17(27)22-8-9-1-3-21-4-2-9;/h1-7H,8H2,(H,22,27)(H2,23,24,25,26);1H. The summed E-state index contributed by atoms with van der Waals surface area (Å²) in [5, 5.41) is 11.0. The Labute approximate surface area is 168 Å². The second-order valence-corrected chi connectivity index (χ2v) is 5.81. The van der Waals surface area contributed by atoms with E-state index in [1.165, 1.54) is 6.07 Å². The summed E-state index contributed by atoms with van der Waals surface area (Å²) in [4.78, 5) is 28.1. The first-order chi connectivity index (χ1) is 12.9. The monoisotopic (exact) mass is 427 g/mol. The molecular formula is C17H13Cl2F2N5O2. The molecule has 0 aliphatic rings. The third-order valence-corrected chi connectivity index (χ3v) is 3.83. The lowest BCUT2D eigenvalue weighted by atomic mass is 10.2. The molecule has 0 fully saturated rings. The van der Waals surface area contributed by atoms with Gasteiger partial charge in [0, 0.05) is 25.0 Å². The molecule has 0 spiro atoms. The maximum Gasteiger partial charge on any atom is 0.269 e. The van der Waals surface area contributed by atoms with E-state index in [0.29, 0.717) is 12.1 Å². The van der Waals surface area contributed by atoms with Crippen LogP contribution in [0.5, 0.6) is 0 Å². The summed E-state index contributed by atoms with van der Waals surface area (Å²) in [6.07, 6.45) is 3.21. The third-order valence-electron chi connectivity index (χ3n) is 3.52. The zero-order valence-corrected chi connectivity index (χ0v) is 15.6. The molecule has 3 N–H and O–H groups in total. The van der Waals surface area contributed by atoms with Crippen molar-refractivity contribution in [2.75, 3.05) is 5.32 Å². The van der Waals surface area contributed by atoms with Crippen molar-refractivity contribution < 1.29 is 18.4 Å². The molecule has 146 valence electrons. The molecule has 11 heteroatoms. The van der Waals surface area contributed by atoms with Gasteiger partial charge in [-0.1, -0.05) is 11.6 Å². The Morgan fingerprint density at radius 3 is 2.46 bits per heavy atom. The van der Waals surface area contributed by atoms with Gasteiger partial charge in [-0.25, -0.2) is 8.78 Å². The number of hydrogen-bond acceptors (Lipinski definition) is 4.